The van der Waals surface area contributed by atoms with Gasteiger partial charge in [-0.25, -0.2) is 9.97 Å². The zero-order valence-electron chi connectivity index (χ0n) is 12.3. The Morgan fingerprint density at radius 3 is 2.81 bits per heavy atom. The summed E-state index contributed by atoms with van der Waals surface area (Å²) in [6.45, 7) is 6.86. The number of imidazole rings is 1. The summed E-state index contributed by atoms with van der Waals surface area (Å²) in [5.41, 5.74) is 1.86. The molecule has 0 aliphatic carbocycles. The van der Waals surface area contributed by atoms with Gasteiger partial charge in [0.1, 0.15) is 4.60 Å². The fraction of sp³-hybridized carbons (Fsp3) is 0.500. The van der Waals surface area contributed by atoms with Crippen LogP contribution in [0, 0.1) is 0 Å². The molecule has 0 bridgehead atoms. The molecule has 2 heterocycles. The minimum Gasteiger partial charge on any atom is -0.343 e. The molecule has 0 atom stereocenters. The van der Waals surface area contributed by atoms with Crippen LogP contribution in [0.15, 0.2) is 23.2 Å². The molecule has 0 spiro atoms. The van der Waals surface area contributed by atoms with Crippen LogP contribution in [0.3, 0.4) is 0 Å². The zero-order chi connectivity index (χ0) is 15.2. The van der Waals surface area contributed by atoms with Gasteiger partial charge in [-0.2, -0.15) is 0 Å². The van der Waals surface area contributed by atoms with Crippen molar-refractivity contribution in [2.45, 2.75) is 26.8 Å². The molecule has 0 aliphatic heterocycles. The second-order valence-electron chi connectivity index (χ2n) is 4.68. The monoisotopic (exact) mass is 353 g/mol. The number of nitrogens with one attached hydrogen (secondary N) is 1. The lowest BCUT2D eigenvalue weighted by molar-refractivity contribution is -0.130. The summed E-state index contributed by atoms with van der Waals surface area (Å²) in [4.78, 5) is 22.2. The summed E-state index contributed by atoms with van der Waals surface area (Å²) in [5, 5.41) is 3.29. The highest BCUT2D eigenvalue weighted by atomic mass is 79.9. The van der Waals surface area contributed by atoms with E-state index in [1.54, 1.807) is 6.20 Å². The highest BCUT2D eigenvalue weighted by Gasteiger charge is 2.09. The molecular weight excluding hydrogens is 334 g/mol. The largest absolute Gasteiger partial charge is 0.343 e. The summed E-state index contributed by atoms with van der Waals surface area (Å²) in [6.07, 6.45) is 5.95. The van der Waals surface area contributed by atoms with Gasteiger partial charge >= 0.3 is 0 Å². The first-order valence-electron chi connectivity index (χ1n) is 7.11. The highest BCUT2D eigenvalue weighted by Crippen LogP contribution is 2.10. The second kappa shape index (κ2) is 7.51. The van der Waals surface area contributed by atoms with Gasteiger partial charge < -0.3 is 10.2 Å². The van der Waals surface area contributed by atoms with Crippen molar-refractivity contribution in [2.75, 3.05) is 19.6 Å². The van der Waals surface area contributed by atoms with Crippen molar-refractivity contribution in [1.82, 2.24) is 24.6 Å². The minimum absolute atomic E-state index is 0.192. The van der Waals surface area contributed by atoms with Gasteiger partial charge in [0.25, 0.3) is 0 Å². The van der Waals surface area contributed by atoms with Crippen LogP contribution in [0.5, 0.6) is 0 Å². The van der Waals surface area contributed by atoms with E-state index in [1.165, 1.54) is 0 Å². The van der Waals surface area contributed by atoms with Crippen molar-refractivity contribution in [2.24, 2.45) is 0 Å². The average Bonchev–Trinajstić information content (AvgIpc) is 2.87. The first-order chi connectivity index (χ1) is 10.2. The van der Waals surface area contributed by atoms with Gasteiger partial charge in [0.2, 0.25) is 5.91 Å². The molecule has 7 heteroatoms. The first-order valence-corrected chi connectivity index (χ1v) is 7.91. The van der Waals surface area contributed by atoms with E-state index in [0.29, 0.717) is 19.5 Å². The van der Waals surface area contributed by atoms with Crippen LogP contribution < -0.4 is 5.32 Å². The number of carbonyl (C=O) groups excluding carboxylic acids is 1. The molecule has 2 rings (SSSR count). The summed E-state index contributed by atoms with van der Waals surface area (Å²) in [7, 11) is 0. The molecule has 114 valence electrons. The van der Waals surface area contributed by atoms with Crippen molar-refractivity contribution >= 4 is 27.5 Å². The van der Waals surface area contributed by atoms with E-state index in [1.807, 2.05) is 35.5 Å². The van der Waals surface area contributed by atoms with Gasteiger partial charge in [-0.1, -0.05) is 0 Å². The van der Waals surface area contributed by atoms with Crippen LogP contribution in [0.25, 0.3) is 5.65 Å². The van der Waals surface area contributed by atoms with E-state index in [0.717, 1.165) is 29.0 Å². The average molecular weight is 354 g/mol. The van der Waals surface area contributed by atoms with Crippen LogP contribution in [0.1, 0.15) is 26.0 Å². The van der Waals surface area contributed by atoms with E-state index in [4.69, 9.17) is 0 Å². The molecule has 2 aromatic rings. The van der Waals surface area contributed by atoms with Crippen LogP contribution >= 0.6 is 15.9 Å². The molecule has 0 fully saturated rings. The summed E-state index contributed by atoms with van der Waals surface area (Å²) in [6, 6.07) is 0. The zero-order valence-corrected chi connectivity index (χ0v) is 13.9. The lowest BCUT2D eigenvalue weighted by Gasteiger charge is -2.18. The maximum absolute atomic E-state index is 11.9. The maximum atomic E-state index is 11.9. The third kappa shape index (κ3) is 4.01. The van der Waals surface area contributed by atoms with Gasteiger partial charge in [-0.15, -0.1) is 0 Å². The van der Waals surface area contributed by atoms with Gasteiger partial charge in [-0.3, -0.25) is 9.20 Å². The Balaban J connectivity index is 1.85. The number of hydrogen-bond donors (Lipinski definition) is 1. The summed E-state index contributed by atoms with van der Waals surface area (Å²) < 4.78 is 2.75. The predicted molar refractivity (Wildman–Crippen MR) is 84.9 cm³/mol. The quantitative estimate of drug-likeness (QED) is 0.771. The number of amides is 1. The number of carbonyl (C=O) groups is 1. The van der Waals surface area contributed by atoms with Crippen LogP contribution in [0.2, 0.25) is 0 Å². The Morgan fingerprint density at radius 2 is 2.10 bits per heavy atom. The SMILES string of the molecule is CCN(CC)C(=O)CCNCc1cnc2cnc(Br)cn12. The third-order valence-electron chi connectivity index (χ3n) is 3.38. The molecule has 1 amide bonds. The molecule has 0 saturated heterocycles. The first kappa shape index (κ1) is 15.9. The lowest BCUT2D eigenvalue weighted by Crippen LogP contribution is -2.32. The number of halogens is 1. The second-order valence-corrected chi connectivity index (χ2v) is 5.49. The van der Waals surface area contributed by atoms with Crippen molar-refractivity contribution in [3.8, 4) is 0 Å². The highest BCUT2D eigenvalue weighted by molar-refractivity contribution is 9.10. The van der Waals surface area contributed by atoms with Gasteiger partial charge in [0.05, 0.1) is 18.1 Å². The minimum atomic E-state index is 0.192. The van der Waals surface area contributed by atoms with Gasteiger partial charge in [0, 0.05) is 38.8 Å². The van der Waals surface area contributed by atoms with Crippen molar-refractivity contribution in [3.05, 3.63) is 28.9 Å². The van der Waals surface area contributed by atoms with Crippen molar-refractivity contribution in [3.63, 3.8) is 0 Å². The number of aromatic nitrogens is 3. The predicted octanol–water partition coefficient (Wildman–Crippen LogP) is 1.84. The third-order valence-corrected chi connectivity index (χ3v) is 3.79. The molecule has 0 radical (unpaired) electrons. The van der Waals surface area contributed by atoms with Gasteiger partial charge in [-0.05, 0) is 29.8 Å². The van der Waals surface area contributed by atoms with Crippen LogP contribution in [-0.2, 0) is 11.3 Å². The standard InChI is InChI=1S/C14H20BrN5O/c1-3-19(4-2)14(21)5-6-16-7-11-8-18-13-9-17-12(15)10-20(11)13/h8-10,16H,3-7H2,1-2H3. The fourth-order valence-electron chi connectivity index (χ4n) is 2.19. The Morgan fingerprint density at radius 1 is 1.33 bits per heavy atom. The van der Waals surface area contributed by atoms with Crippen molar-refractivity contribution in [1.29, 1.82) is 0 Å². The molecule has 1 N–H and O–H groups in total. The Labute approximate surface area is 132 Å². The number of rotatable bonds is 7. The lowest BCUT2D eigenvalue weighted by atomic mass is 10.3. The number of nitrogens with zero attached hydrogens (tertiary/aromatic N) is 4. The summed E-state index contributed by atoms with van der Waals surface area (Å²) >= 11 is 3.35. The number of fused-ring (bicyclic) bond motifs is 1. The molecule has 6 nitrogen and oxygen atoms in total. The van der Waals surface area contributed by atoms with E-state index in [9.17, 15) is 4.79 Å². The Kier molecular flexibility index (Phi) is 5.69. The van der Waals surface area contributed by atoms with E-state index < -0.39 is 0 Å². The molecule has 0 aromatic carbocycles. The summed E-state index contributed by atoms with van der Waals surface area (Å²) in [5.74, 6) is 0.192. The topological polar surface area (TPSA) is 62.5 Å². The van der Waals surface area contributed by atoms with Gasteiger partial charge in [0.15, 0.2) is 5.65 Å². The number of hydrogen-bond acceptors (Lipinski definition) is 4. The Hall–Kier alpha value is -1.47. The molecule has 0 aliphatic rings. The van der Waals surface area contributed by atoms with Crippen LogP contribution in [-0.4, -0.2) is 44.8 Å². The van der Waals surface area contributed by atoms with Crippen LogP contribution in [0.4, 0.5) is 0 Å². The normalized spacial score (nSPS) is 11.0. The molecular formula is C14H20BrN5O. The maximum Gasteiger partial charge on any atom is 0.223 e. The fourth-order valence-corrected chi connectivity index (χ4v) is 2.50. The van der Waals surface area contributed by atoms with E-state index >= 15 is 0 Å². The van der Waals surface area contributed by atoms with E-state index in [2.05, 4.69) is 31.2 Å². The van der Waals surface area contributed by atoms with E-state index in [-0.39, 0.29) is 5.91 Å². The van der Waals surface area contributed by atoms with Crippen molar-refractivity contribution < 1.29 is 4.79 Å². The molecule has 2 aromatic heterocycles. The Bertz CT molecular complexity index is 608. The molecule has 0 saturated carbocycles. The molecule has 0 unspecified atom stereocenters. The molecule has 21 heavy (non-hydrogen) atoms. The smallest absolute Gasteiger partial charge is 0.223 e.